The van der Waals surface area contributed by atoms with E-state index in [1.807, 2.05) is 19.9 Å². The Morgan fingerprint density at radius 3 is 2.19 bits per heavy atom. The predicted octanol–water partition coefficient (Wildman–Crippen LogP) is 3.47. The van der Waals surface area contributed by atoms with Gasteiger partial charge in [-0.1, -0.05) is 29.3 Å². The summed E-state index contributed by atoms with van der Waals surface area (Å²) in [6.07, 6.45) is 0. The van der Waals surface area contributed by atoms with E-state index in [-0.39, 0.29) is 17.1 Å². The Labute approximate surface area is 154 Å². The van der Waals surface area contributed by atoms with Crippen molar-refractivity contribution in [2.75, 3.05) is 7.11 Å². The number of nitrogens with one attached hydrogen (secondary N) is 1. The largest absolute Gasteiger partial charge is 0.493 e. The van der Waals surface area contributed by atoms with Gasteiger partial charge in [-0.3, -0.25) is 4.79 Å². The summed E-state index contributed by atoms with van der Waals surface area (Å²) in [4.78, 5) is 24.1. The van der Waals surface area contributed by atoms with Crippen molar-refractivity contribution in [3.05, 3.63) is 58.7 Å². The van der Waals surface area contributed by atoms with Crippen molar-refractivity contribution in [1.29, 1.82) is 0 Å². The van der Waals surface area contributed by atoms with E-state index in [4.69, 9.17) is 4.74 Å². The highest BCUT2D eigenvalue weighted by atomic mass is 19.3. The maximum absolute atomic E-state index is 12.5. The summed E-state index contributed by atoms with van der Waals surface area (Å²) in [5.41, 5.74) is 2.20. The first-order valence-electron chi connectivity index (χ1n) is 7.96. The third-order valence-corrected chi connectivity index (χ3v) is 3.74. The number of benzene rings is 2. The molecule has 27 heavy (non-hydrogen) atoms. The first-order valence-corrected chi connectivity index (χ1v) is 7.96. The quantitative estimate of drug-likeness (QED) is 0.770. The summed E-state index contributed by atoms with van der Waals surface area (Å²) in [5, 5.41) is 11.9. The molecular weight excluding hydrogens is 360 g/mol. The zero-order valence-corrected chi connectivity index (χ0v) is 15.0. The van der Waals surface area contributed by atoms with E-state index < -0.39 is 24.5 Å². The third-order valence-electron chi connectivity index (χ3n) is 3.74. The lowest BCUT2D eigenvalue weighted by Crippen LogP contribution is -2.33. The fraction of sp³-hybridized carbons (Fsp3) is 0.263. The van der Waals surface area contributed by atoms with Gasteiger partial charge in [0.15, 0.2) is 17.5 Å². The van der Waals surface area contributed by atoms with Crippen LogP contribution < -0.4 is 14.8 Å². The summed E-state index contributed by atoms with van der Waals surface area (Å²) < 4.78 is 34.0. The maximum Gasteiger partial charge on any atom is 0.387 e. The van der Waals surface area contributed by atoms with Crippen molar-refractivity contribution in [1.82, 2.24) is 5.32 Å². The van der Waals surface area contributed by atoms with E-state index in [2.05, 4.69) is 10.1 Å². The van der Waals surface area contributed by atoms with Gasteiger partial charge in [0.1, 0.15) is 0 Å². The van der Waals surface area contributed by atoms with Crippen LogP contribution in [-0.2, 0) is 4.79 Å². The molecule has 1 amide bonds. The van der Waals surface area contributed by atoms with Crippen molar-refractivity contribution in [2.24, 2.45) is 0 Å². The van der Waals surface area contributed by atoms with Gasteiger partial charge in [0.05, 0.1) is 7.11 Å². The third kappa shape index (κ3) is 5.16. The lowest BCUT2D eigenvalue weighted by Gasteiger charge is -2.17. The van der Waals surface area contributed by atoms with Crippen LogP contribution in [0.15, 0.2) is 36.4 Å². The molecule has 0 aliphatic heterocycles. The molecule has 1 unspecified atom stereocenters. The number of ether oxygens (including phenoxy) is 2. The lowest BCUT2D eigenvalue weighted by molar-refractivity contribution is -0.139. The van der Waals surface area contributed by atoms with Crippen molar-refractivity contribution >= 4 is 11.9 Å². The van der Waals surface area contributed by atoms with Crippen LogP contribution in [0.1, 0.15) is 33.1 Å². The molecule has 6 nitrogen and oxygen atoms in total. The number of hydrogen-bond donors (Lipinski definition) is 2. The molecule has 2 aromatic carbocycles. The second-order valence-electron chi connectivity index (χ2n) is 5.91. The van der Waals surface area contributed by atoms with Crippen LogP contribution in [-0.4, -0.2) is 30.7 Å². The van der Waals surface area contributed by atoms with Crippen molar-refractivity contribution in [3.63, 3.8) is 0 Å². The van der Waals surface area contributed by atoms with E-state index >= 15 is 0 Å². The van der Waals surface area contributed by atoms with E-state index in [0.717, 1.165) is 17.2 Å². The number of hydrogen-bond acceptors (Lipinski definition) is 4. The summed E-state index contributed by atoms with van der Waals surface area (Å²) >= 11 is 0. The molecule has 0 spiro atoms. The van der Waals surface area contributed by atoms with Crippen LogP contribution in [0.4, 0.5) is 8.78 Å². The second kappa shape index (κ2) is 8.48. The molecule has 0 saturated carbocycles. The van der Waals surface area contributed by atoms with Gasteiger partial charge in [-0.2, -0.15) is 8.78 Å². The molecule has 0 fully saturated rings. The zero-order chi connectivity index (χ0) is 20.1. The number of alkyl halides is 2. The van der Waals surface area contributed by atoms with Crippen LogP contribution in [0.2, 0.25) is 0 Å². The van der Waals surface area contributed by atoms with Crippen LogP contribution in [0.5, 0.6) is 11.5 Å². The van der Waals surface area contributed by atoms with Crippen LogP contribution in [0.3, 0.4) is 0 Å². The average molecular weight is 379 g/mol. The van der Waals surface area contributed by atoms with E-state index in [0.29, 0.717) is 5.56 Å². The van der Waals surface area contributed by atoms with Gasteiger partial charge in [0.25, 0.3) is 5.91 Å². The molecule has 2 aromatic rings. The summed E-state index contributed by atoms with van der Waals surface area (Å²) in [6, 6.07) is 7.57. The smallest absolute Gasteiger partial charge is 0.387 e. The molecule has 2 N–H and O–H groups in total. The molecule has 0 heterocycles. The monoisotopic (exact) mass is 379 g/mol. The minimum absolute atomic E-state index is 0.0455. The summed E-state index contributed by atoms with van der Waals surface area (Å²) in [6.45, 7) is 0.604. The van der Waals surface area contributed by atoms with Gasteiger partial charge in [-0.15, -0.1) is 0 Å². The summed E-state index contributed by atoms with van der Waals surface area (Å²) in [5.74, 6) is -2.21. The van der Waals surface area contributed by atoms with Crippen LogP contribution in [0, 0.1) is 13.8 Å². The number of aliphatic carboxylic acids is 1. The van der Waals surface area contributed by atoms with Gasteiger partial charge in [-0.25, -0.2) is 4.79 Å². The van der Waals surface area contributed by atoms with Gasteiger partial charge < -0.3 is 19.9 Å². The van der Waals surface area contributed by atoms with Crippen molar-refractivity contribution in [2.45, 2.75) is 26.5 Å². The topological polar surface area (TPSA) is 84.9 Å². The number of halogens is 2. The Balaban J connectivity index is 2.29. The van der Waals surface area contributed by atoms with Crippen LogP contribution >= 0.6 is 0 Å². The highest BCUT2D eigenvalue weighted by Gasteiger charge is 2.24. The van der Waals surface area contributed by atoms with Gasteiger partial charge in [0, 0.05) is 5.56 Å². The Bertz CT molecular complexity index is 834. The standard InChI is InChI=1S/C19H19F2NO5/c1-10-6-11(2)8-13(7-10)16(18(24)25)22-17(23)12-4-5-14(27-19(20)21)15(9-12)26-3/h4-9,16,19H,1-3H3,(H,22,23)(H,24,25). The Kier molecular flexibility index (Phi) is 6.33. The number of methoxy groups -OCH3 is 1. The minimum atomic E-state index is -3.04. The first kappa shape index (κ1) is 20.2. The molecule has 1 atom stereocenters. The van der Waals surface area contributed by atoms with Gasteiger partial charge >= 0.3 is 12.6 Å². The van der Waals surface area contributed by atoms with Gasteiger partial charge in [-0.05, 0) is 37.6 Å². The summed E-state index contributed by atoms with van der Waals surface area (Å²) in [7, 11) is 1.24. The molecule has 2 rings (SSSR count). The van der Waals surface area contributed by atoms with E-state index in [1.54, 1.807) is 12.1 Å². The van der Waals surface area contributed by atoms with Gasteiger partial charge in [0.2, 0.25) is 0 Å². The molecule has 8 heteroatoms. The van der Waals surface area contributed by atoms with E-state index in [9.17, 15) is 23.5 Å². The molecule has 0 aromatic heterocycles. The Morgan fingerprint density at radius 1 is 1.04 bits per heavy atom. The molecule has 0 radical (unpaired) electrons. The maximum atomic E-state index is 12.5. The predicted molar refractivity (Wildman–Crippen MR) is 93.4 cm³/mol. The molecule has 0 aliphatic rings. The fourth-order valence-corrected chi connectivity index (χ4v) is 2.68. The van der Waals surface area contributed by atoms with Crippen LogP contribution in [0.25, 0.3) is 0 Å². The van der Waals surface area contributed by atoms with Crippen molar-refractivity contribution < 1.29 is 33.0 Å². The molecular formula is C19H19F2NO5. The average Bonchev–Trinajstić information content (AvgIpc) is 2.58. The fourth-order valence-electron chi connectivity index (χ4n) is 2.68. The Hall–Kier alpha value is -3.16. The van der Waals surface area contributed by atoms with E-state index in [1.165, 1.54) is 19.2 Å². The molecule has 0 aliphatic carbocycles. The molecule has 0 saturated heterocycles. The SMILES string of the molecule is COc1cc(C(=O)NC(C(=O)O)c2cc(C)cc(C)c2)ccc1OC(F)F. The minimum Gasteiger partial charge on any atom is -0.493 e. The first-order chi connectivity index (χ1) is 12.7. The van der Waals surface area contributed by atoms with Crippen molar-refractivity contribution in [3.8, 4) is 11.5 Å². The molecule has 0 bridgehead atoms. The Morgan fingerprint density at radius 2 is 1.67 bits per heavy atom. The number of rotatable bonds is 7. The second-order valence-corrected chi connectivity index (χ2v) is 5.91. The molecule has 144 valence electrons. The normalized spacial score (nSPS) is 11.8. The highest BCUT2D eigenvalue weighted by molar-refractivity contribution is 5.97. The number of carbonyl (C=O) groups is 2. The number of carboxylic acids is 1. The lowest BCUT2D eigenvalue weighted by atomic mass is 10.0. The number of aryl methyl sites for hydroxylation is 2. The zero-order valence-electron chi connectivity index (χ0n) is 15.0. The number of amides is 1. The highest BCUT2D eigenvalue weighted by Crippen LogP contribution is 2.29. The number of carbonyl (C=O) groups excluding carboxylic acids is 1. The number of carboxylic acid groups (broad SMARTS) is 1.